The molecule has 0 aliphatic carbocycles. The number of aliphatic carboxylic acids is 1. The summed E-state index contributed by atoms with van der Waals surface area (Å²) in [5.74, 6) is -2.01. The maximum Gasteiger partial charge on any atom is 0.307 e. The molecule has 0 saturated heterocycles. The van der Waals surface area contributed by atoms with Gasteiger partial charge in [-0.25, -0.2) is 17.2 Å². The van der Waals surface area contributed by atoms with E-state index in [0.717, 1.165) is 21.4 Å². The van der Waals surface area contributed by atoms with Crippen molar-refractivity contribution in [2.45, 2.75) is 24.8 Å². The van der Waals surface area contributed by atoms with Gasteiger partial charge < -0.3 is 5.11 Å². The summed E-state index contributed by atoms with van der Waals surface area (Å²) in [6, 6.07) is 0. The Hall–Kier alpha value is -1.55. The molecule has 1 aromatic rings. The van der Waals surface area contributed by atoms with Crippen LogP contribution in [-0.4, -0.2) is 53.6 Å². The lowest BCUT2D eigenvalue weighted by molar-refractivity contribution is -0.141. The number of sulfonamides is 1. The van der Waals surface area contributed by atoms with Crippen molar-refractivity contribution in [3.8, 4) is 0 Å². The second-order valence-corrected chi connectivity index (χ2v) is 6.36. The lowest BCUT2D eigenvalue weighted by Gasteiger charge is -2.18. The maximum atomic E-state index is 12.2. The SMILES string of the molecule is CC(CN(C)S(=O)(=O)c1cnn(CC(F)F)c1)C(=O)O. The van der Waals surface area contributed by atoms with Crippen molar-refractivity contribution in [2.75, 3.05) is 13.6 Å². The van der Waals surface area contributed by atoms with Crippen molar-refractivity contribution < 1.29 is 27.1 Å². The van der Waals surface area contributed by atoms with Crippen LogP contribution in [0.25, 0.3) is 0 Å². The number of hydrogen-bond acceptors (Lipinski definition) is 4. The van der Waals surface area contributed by atoms with Crippen molar-refractivity contribution in [2.24, 2.45) is 5.92 Å². The van der Waals surface area contributed by atoms with Gasteiger partial charge in [-0.2, -0.15) is 9.40 Å². The van der Waals surface area contributed by atoms with Crippen molar-refractivity contribution in [3.63, 3.8) is 0 Å². The molecule has 114 valence electrons. The Morgan fingerprint density at radius 3 is 2.65 bits per heavy atom. The number of halogens is 2. The third kappa shape index (κ3) is 3.97. The first-order valence-corrected chi connectivity index (χ1v) is 7.08. The Bertz CT molecular complexity index is 573. The zero-order valence-electron chi connectivity index (χ0n) is 10.9. The van der Waals surface area contributed by atoms with Gasteiger partial charge in [0, 0.05) is 19.8 Å². The van der Waals surface area contributed by atoms with Crippen LogP contribution in [0.1, 0.15) is 6.92 Å². The number of carbonyl (C=O) groups is 1. The summed E-state index contributed by atoms with van der Waals surface area (Å²) in [4.78, 5) is 10.5. The van der Waals surface area contributed by atoms with E-state index in [1.165, 1.54) is 14.0 Å². The molecule has 1 rings (SSSR count). The van der Waals surface area contributed by atoms with Gasteiger partial charge in [0.2, 0.25) is 10.0 Å². The molecule has 1 atom stereocenters. The number of nitrogens with zero attached hydrogens (tertiary/aromatic N) is 3. The minimum Gasteiger partial charge on any atom is -0.481 e. The molecule has 0 amide bonds. The van der Waals surface area contributed by atoms with Crippen LogP contribution in [0.3, 0.4) is 0 Å². The molecule has 1 heterocycles. The smallest absolute Gasteiger partial charge is 0.307 e. The van der Waals surface area contributed by atoms with Crippen molar-refractivity contribution in [1.82, 2.24) is 14.1 Å². The zero-order valence-corrected chi connectivity index (χ0v) is 11.7. The Kier molecular flexibility index (Phi) is 5.17. The van der Waals surface area contributed by atoms with E-state index in [-0.39, 0.29) is 11.4 Å². The Morgan fingerprint density at radius 1 is 1.55 bits per heavy atom. The van der Waals surface area contributed by atoms with Gasteiger partial charge in [-0.05, 0) is 0 Å². The molecule has 0 spiro atoms. The first kappa shape index (κ1) is 16.5. The number of carboxylic acid groups (broad SMARTS) is 1. The summed E-state index contributed by atoms with van der Waals surface area (Å²) in [7, 11) is -2.72. The average molecular weight is 311 g/mol. The highest BCUT2D eigenvalue weighted by molar-refractivity contribution is 7.89. The van der Waals surface area contributed by atoms with E-state index in [0.29, 0.717) is 0 Å². The number of alkyl halides is 2. The number of rotatable bonds is 7. The topological polar surface area (TPSA) is 92.5 Å². The third-order valence-corrected chi connectivity index (χ3v) is 4.37. The molecule has 0 radical (unpaired) electrons. The predicted molar refractivity (Wildman–Crippen MR) is 64.8 cm³/mol. The summed E-state index contributed by atoms with van der Waals surface area (Å²) in [5.41, 5.74) is 0. The van der Waals surface area contributed by atoms with Crippen molar-refractivity contribution in [1.29, 1.82) is 0 Å². The first-order valence-electron chi connectivity index (χ1n) is 5.64. The number of aromatic nitrogens is 2. The molecular weight excluding hydrogens is 296 g/mol. The Morgan fingerprint density at radius 2 is 2.15 bits per heavy atom. The predicted octanol–water partition coefficient (Wildman–Crippen LogP) is 0.489. The van der Waals surface area contributed by atoms with Crippen LogP contribution in [-0.2, 0) is 21.4 Å². The summed E-state index contributed by atoms with van der Waals surface area (Å²) in [5, 5.41) is 12.3. The Labute approximate surface area is 114 Å². The largest absolute Gasteiger partial charge is 0.481 e. The molecule has 1 aromatic heterocycles. The molecule has 1 unspecified atom stereocenters. The second kappa shape index (κ2) is 6.27. The zero-order chi connectivity index (χ0) is 15.5. The van der Waals surface area contributed by atoms with Crippen molar-refractivity contribution >= 4 is 16.0 Å². The van der Waals surface area contributed by atoms with Crippen LogP contribution in [0.15, 0.2) is 17.3 Å². The highest BCUT2D eigenvalue weighted by atomic mass is 32.2. The van der Waals surface area contributed by atoms with Crippen LogP contribution in [0.5, 0.6) is 0 Å². The van der Waals surface area contributed by atoms with Gasteiger partial charge in [-0.3, -0.25) is 9.48 Å². The number of carboxylic acids is 1. The molecular formula is C10H15F2N3O4S. The van der Waals surface area contributed by atoms with Crippen LogP contribution in [0.4, 0.5) is 8.78 Å². The fraction of sp³-hybridized carbons (Fsp3) is 0.600. The minimum atomic E-state index is -3.94. The van der Waals surface area contributed by atoms with E-state index in [9.17, 15) is 22.0 Å². The summed E-state index contributed by atoms with van der Waals surface area (Å²) >= 11 is 0. The normalized spacial score (nSPS) is 13.9. The summed E-state index contributed by atoms with van der Waals surface area (Å²) < 4.78 is 50.2. The van der Waals surface area contributed by atoms with E-state index in [4.69, 9.17) is 5.11 Å². The Balaban J connectivity index is 2.87. The van der Waals surface area contributed by atoms with Gasteiger partial charge in [0.1, 0.15) is 11.4 Å². The van der Waals surface area contributed by atoms with Gasteiger partial charge in [0.15, 0.2) is 0 Å². The first-order chi connectivity index (χ1) is 9.14. The van der Waals surface area contributed by atoms with E-state index in [1.54, 1.807) is 0 Å². The molecule has 0 aliphatic heterocycles. The van der Waals surface area contributed by atoms with Crippen LogP contribution in [0.2, 0.25) is 0 Å². The third-order valence-electron chi connectivity index (χ3n) is 2.60. The molecule has 0 bridgehead atoms. The fourth-order valence-corrected chi connectivity index (χ4v) is 2.68. The lowest BCUT2D eigenvalue weighted by atomic mass is 10.2. The molecule has 7 nitrogen and oxygen atoms in total. The molecule has 0 aromatic carbocycles. The van der Waals surface area contributed by atoms with Gasteiger partial charge in [-0.15, -0.1) is 0 Å². The summed E-state index contributed by atoms with van der Waals surface area (Å²) in [6.07, 6.45) is -0.696. The van der Waals surface area contributed by atoms with E-state index in [2.05, 4.69) is 5.10 Å². The second-order valence-electron chi connectivity index (χ2n) is 4.31. The van der Waals surface area contributed by atoms with Crippen molar-refractivity contribution in [3.05, 3.63) is 12.4 Å². The monoisotopic (exact) mass is 311 g/mol. The highest BCUT2D eigenvalue weighted by Gasteiger charge is 2.26. The van der Waals surface area contributed by atoms with Gasteiger partial charge in [0.05, 0.1) is 12.1 Å². The molecule has 0 aliphatic rings. The lowest BCUT2D eigenvalue weighted by Crippen LogP contribution is -2.33. The number of hydrogen-bond donors (Lipinski definition) is 1. The van der Waals surface area contributed by atoms with Gasteiger partial charge in [-0.1, -0.05) is 6.92 Å². The maximum absolute atomic E-state index is 12.2. The van der Waals surface area contributed by atoms with Gasteiger partial charge in [0.25, 0.3) is 6.43 Å². The minimum absolute atomic E-state index is 0.225. The van der Waals surface area contributed by atoms with E-state index >= 15 is 0 Å². The van der Waals surface area contributed by atoms with Crippen LogP contribution >= 0.6 is 0 Å². The quantitative estimate of drug-likeness (QED) is 0.791. The van der Waals surface area contributed by atoms with E-state index < -0.39 is 34.9 Å². The standard InChI is InChI=1S/C10H15F2N3O4S/c1-7(10(16)17)4-14(2)20(18,19)8-3-13-15(5-8)6-9(11)12/h3,5,7,9H,4,6H2,1-2H3,(H,16,17). The van der Waals surface area contributed by atoms with Gasteiger partial charge >= 0.3 is 5.97 Å². The molecule has 10 heteroatoms. The average Bonchev–Trinajstić information content (AvgIpc) is 2.76. The van der Waals surface area contributed by atoms with Crippen LogP contribution < -0.4 is 0 Å². The molecule has 0 saturated carbocycles. The van der Waals surface area contributed by atoms with Crippen LogP contribution in [0, 0.1) is 5.92 Å². The molecule has 0 fully saturated rings. The highest BCUT2D eigenvalue weighted by Crippen LogP contribution is 2.15. The molecule has 20 heavy (non-hydrogen) atoms. The summed E-state index contributed by atoms with van der Waals surface area (Å²) in [6.45, 7) is 0.441. The fourth-order valence-electron chi connectivity index (χ4n) is 1.46. The van der Waals surface area contributed by atoms with E-state index in [1.807, 2.05) is 0 Å². The molecule has 1 N–H and O–H groups in total.